The van der Waals surface area contributed by atoms with Crippen molar-refractivity contribution in [2.24, 2.45) is 34.5 Å². The summed E-state index contributed by atoms with van der Waals surface area (Å²) in [6.45, 7) is 14.8. The average Bonchev–Trinajstić information content (AvgIpc) is 3.20. The highest BCUT2D eigenvalue weighted by Gasteiger charge is 2.65. The van der Waals surface area contributed by atoms with Crippen LogP contribution in [0.25, 0.3) is 0 Å². The van der Waals surface area contributed by atoms with Gasteiger partial charge in [0.05, 0.1) is 60.1 Å². The highest BCUT2D eigenvalue weighted by molar-refractivity contribution is 5.66. The van der Waals surface area contributed by atoms with Gasteiger partial charge in [-0.15, -0.1) is 0 Å². The van der Waals surface area contributed by atoms with Gasteiger partial charge in [-0.1, -0.05) is 13.8 Å². The Morgan fingerprint density at radius 2 is 1.47 bits per heavy atom. The number of rotatable bonds is 4. The van der Waals surface area contributed by atoms with Crippen molar-refractivity contribution in [1.29, 1.82) is 0 Å². The molecule has 0 amide bonds. The number of ether oxygens (including phenoxy) is 2. The number of esters is 2. The lowest BCUT2D eigenvalue weighted by atomic mass is 9.44. The van der Waals surface area contributed by atoms with Crippen molar-refractivity contribution < 1.29 is 62.0 Å². The Morgan fingerprint density at radius 1 is 0.800 bits per heavy atom. The third kappa shape index (κ3) is 6.93. The molecule has 10 heteroatoms. The molecule has 4 saturated carbocycles. The maximum absolute atomic E-state index is 12.5. The topological polar surface area (TPSA) is 59.1 Å². The molecule has 2 aliphatic heterocycles. The molecule has 10 unspecified atom stereocenters. The molecule has 0 aromatic heterocycles. The zero-order valence-electron chi connectivity index (χ0n) is 29.1. The summed E-state index contributed by atoms with van der Waals surface area (Å²) >= 11 is 0. The first-order valence-electron chi connectivity index (χ1n) is 17.3. The minimum atomic E-state index is -0.137. The molecule has 45 heavy (non-hydrogen) atoms. The molecule has 258 valence electrons. The van der Waals surface area contributed by atoms with Gasteiger partial charge in [-0.2, -0.15) is 0 Å². The van der Waals surface area contributed by atoms with E-state index in [2.05, 4.69) is 64.2 Å². The van der Waals surface area contributed by atoms with Crippen LogP contribution in [-0.2, 0) is 19.1 Å². The summed E-state index contributed by atoms with van der Waals surface area (Å²) < 4.78 is 14.4. The highest BCUT2D eigenvalue weighted by atomic mass is 79.9. The minimum absolute atomic E-state index is 0. The first-order valence-corrected chi connectivity index (χ1v) is 17.3. The first-order chi connectivity index (χ1) is 20.1. The second-order valence-corrected chi connectivity index (χ2v) is 17.1. The normalized spacial score (nSPS) is 43.4. The Bertz CT molecular complexity index is 1120. The standard InChI is InChI=1S/C35H60N4O4.2BrH/c1-24(40)42-32-21-26-9-10-27-28(35(26,4)23-31(32)37-15-19-39(7,8)20-16-37)11-12-34(3)29(27)22-30(33(34)43-25(2)41)36-13-17-38(5,6)18-14-36;;/h13,17,26-33H,9-12,14-16,18-23H2,1-8H3;2*1H/q+2;;/p-2. The Hall–Kier alpha value is -0.680. The molecular weight excluding hydrogens is 700 g/mol. The second-order valence-electron chi connectivity index (χ2n) is 17.1. The third-order valence-electron chi connectivity index (χ3n) is 13.7. The summed E-state index contributed by atoms with van der Waals surface area (Å²) in [6.07, 6.45) is 12.6. The van der Waals surface area contributed by atoms with Gasteiger partial charge in [0.2, 0.25) is 0 Å². The number of hydrogen-bond acceptors (Lipinski definition) is 6. The molecule has 10 atom stereocenters. The van der Waals surface area contributed by atoms with E-state index in [-0.39, 0.29) is 75.0 Å². The quantitative estimate of drug-likeness (QED) is 0.247. The summed E-state index contributed by atoms with van der Waals surface area (Å²) in [4.78, 5) is 30.0. The highest BCUT2D eigenvalue weighted by Crippen LogP contribution is 2.67. The lowest BCUT2D eigenvalue weighted by Crippen LogP contribution is -3.00. The van der Waals surface area contributed by atoms with E-state index >= 15 is 0 Å². The maximum atomic E-state index is 12.5. The number of halogens is 2. The van der Waals surface area contributed by atoms with E-state index in [1.54, 1.807) is 13.8 Å². The number of piperazine rings is 1. The molecular formula is C35H60Br2N4O4. The summed E-state index contributed by atoms with van der Waals surface area (Å²) in [7, 11) is 9.18. The van der Waals surface area contributed by atoms with Crippen molar-refractivity contribution >= 4 is 11.9 Å². The van der Waals surface area contributed by atoms with Crippen LogP contribution in [0.3, 0.4) is 0 Å². The van der Waals surface area contributed by atoms with Crippen molar-refractivity contribution in [1.82, 2.24) is 9.80 Å². The van der Waals surface area contributed by atoms with Crippen LogP contribution in [0, 0.1) is 34.5 Å². The van der Waals surface area contributed by atoms with Crippen LogP contribution in [0.1, 0.15) is 72.6 Å². The third-order valence-corrected chi connectivity index (χ3v) is 13.7. The van der Waals surface area contributed by atoms with E-state index < -0.39 is 0 Å². The fourth-order valence-corrected chi connectivity index (χ4v) is 11.1. The number of quaternary nitrogens is 2. The van der Waals surface area contributed by atoms with Gasteiger partial charge in [0.15, 0.2) is 0 Å². The van der Waals surface area contributed by atoms with Crippen LogP contribution in [-0.4, -0.2) is 122 Å². The summed E-state index contributed by atoms with van der Waals surface area (Å²) in [5, 5.41) is 0. The predicted molar refractivity (Wildman–Crippen MR) is 167 cm³/mol. The lowest BCUT2D eigenvalue weighted by molar-refractivity contribution is -0.894. The van der Waals surface area contributed by atoms with Crippen LogP contribution in [0.5, 0.6) is 0 Å². The fraction of sp³-hybridized carbons (Fsp3) is 0.886. The number of carbonyl (C=O) groups is 2. The number of hydrogen-bond donors (Lipinski definition) is 0. The van der Waals surface area contributed by atoms with Crippen molar-refractivity contribution in [3.05, 3.63) is 12.4 Å². The largest absolute Gasteiger partial charge is 1.00 e. The zero-order chi connectivity index (χ0) is 30.9. The van der Waals surface area contributed by atoms with E-state index in [0.29, 0.717) is 29.7 Å². The number of carbonyl (C=O) groups excluding carboxylic acids is 2. The van der Waals surface area contributed by atoms with Crippen LogP contribution >= 0.6 is 0 Å². The van der Waals surface area contributed by atoms with Gasteiger partial charge in [-0.3, -0.25) is 19.0 Å². The molecule has 4 aliphatic carbocycles. The lowest BCUT2D eigenvalue weighted by Gasteiger charge is -2.62. The predicted octanol–water partition coefficient (Wildman–Crippen LogP) is -1.89. The van der Waals surface area contributed by atoms with Gasteiger partial charge in [-0.25, -0.2) is 0 Å². The van der Waals surface area contributed by atoms with Crippen molar-refractivity contribution in [2.75, 3.05) is 67.5 Å². The Balaban J connectivity index is 0.00000230. The monoisotopic (exact) mass is 758 g/mol. The number of fused-ring (bicyclic) bond motifs is 5. The molecule has 6 rings (SSSR count). The van der Waals surface area contributed by atoms with Crippen LogP contribution in [0.15, 0.2) is 12.4 Å². The Kier molecular flexibility index (Phi) is 11.0. The van der Waals surface area contributed by atoms with Crippen LogP contribution in [0.4, 0.5) is 0 Å². The number of nitrogens with zero attached hydrogens (tertiary/aromatic N) is 4. The zero-order valence-corrected chi connectivity index (χ0v) is 32.3. The van der Waals surface area contributed by atoms with Gasteiger partial charge < -0.3 is 52.8 Å². The SMILES string of the molecule is CC(=O)OC1CC2CCC3C(CCC4(C)C3CC(N3C=C[N+](C)(C)CC3)C4OC(C)=O)C2(C)CC1N1CC[N+](C)(C)CC1.[Br-].[Br-]. The summed E-state index contributed by atoms with van der Waals surface area (Å²) in [6, 6.07) is 0.560. The molecule has 2 heterocycles. The van der Waals surface area contributed by atoms with E-state index in [4.69, 9.17) is 9.47 Å². The molecule has 0 N–H and O–H groups in total. The number of likely N-dealkylation sites (N-methyl/N-ethyl adjacent to an activating group) is 2. The summed E-state index contributed by atoms with van der Waals surface area (Å²) in [5.41, 5.74) is 0.260. The van der Waals surface area contributed by atoms with E-state index in [9.17, 15) is 9.59 Å². The summed E-state index contributed by atoms with van der Waals surface area (Å²) in [5.74, 6) is 2.23. The molecule has 6 aliphatic rings. The molecule has 0 spiro atoms. The first kappa shape index (κ1) is 37.1. The minimum Gasteiger partial charge on any atom is -1.00 e. The van der Waals surface area contributed by atoms with Crippen molar-refractivity contribution in [2.45, 2.75) is 96.9 Å². The molecule has 0 radical (unpaired) electrons. The Labute approximate surface area is 293 Å². The molecule has 8 nitrogen and oxygen atoms in total. The van der Waals surface area contributed by atoms with Gasteiger partial charge in [0.25, 0.3) is 0 Å². The average molecular weight is 761 g/mol. The van der Waals surface area contributed by atoms with Gasteiger partial charge >= 0.3 is 11.9 Å². The molecule has 0 aromatic rings. The van der Waals surface area contributed by atoms with Crippen molar-refractivity contribution in [3.8, 4) is 0 Å². The van der Waals surface area contributed by atoms with E-state index in [1.807, 2.05) is 0 Å². The molecule has 0 bridgehead atoms. The van der Waals surface area contributed by atoms with E-state index in [0.717, 1.165) is 73.9 Å². The van der Waals surface area contributed by atoms with Gasteiger partial charge in [0, 0.05) is 38.4 Å². The molecule has 5 fully saturated rings. The van der Waals surface area contributed by atoms with E-state index in [1.165, 1.54) is 19.3 Å². The van der Waals surface area contributed by atoms with Crippen molar-refractivity contribution in [3.63, 3.8) is 0 Å². The van der Waals surface area contributed by atoms with Gasteiger partial charge in [-0.05, 0) is 74.0 Å². The molecule has 0 aromatic carbocycles. The van der Waals surface area contributed by atoms with Gasteiger partial charge in [0.1, 0.15) is 25.0 Å². The van der Waals surface area contributed by atoms with Crippen LogP contribution < -0.4 is 34.0 Å². The van der Waals surface area contributed by atoms with Crippen LogP contribution in [0.2, 0.25) is 0 Å². The maximum Gasteiger partial charge on any atom is 0.302 e. The second kappa shape index (κ2) is 13.3. The Morgan fingerprint density at radius 3 is 2.07 bits per heavy atom. The smallest absolute Gasteiger partial charge is 0.302 e. The fourth-order valence-electron chi connectivity index (χ4n) is 11.1. The molecule has 1 saturated heterocycles.